The van der Waals surface area contributed by atoms with E-state index in [9.17, 15) is 14.4 Å². The Hall–Kier alpha value is -2.37. The first-order valence-corrected chi connectivity index (χ1v) is 8.69. The van der Waals surface area contributed by atoms with Crippen molar-refractivity contribution in [3.05, 3.63) is 29.8 Å². The fourth-order valence-corrected chi connectivity index (χ4v) is 3.71. The Morgan fingerprint density at radius 2 is 1.84 bits per heavy atom. The van der Waals surface area contributed by atoms with Crippen LogP contribution in [0, 0.1) is 11.8 Å². The summed E-state index contributed by atoms with van der Waals surface area (Å²) in [7, 11) is 1.57. The first-order chi connectivity index (χ1) is 12.0. The van der Waals surface area contributed by atoms with Gasteiger partial charge in [-0.25, -0.2) is 4.79 Å². The van der Waals surface area contributed by atoms with Crippen LogP contribution in [-0.2, 0) is 25.7 Å². The van der Waals surface area contributed by atoms with Gasteiger partial charge in [-0.05, 0) is 37.5 Å². The number of nitrogens with zero attached hydrogens (tertiary/aromatic N) is 1. The van der Waals surface area contributed by atoms with E-state index in [0.29, 0.717) is 5.75 Å². The van der Waals surface area contributed by atoms with Crippen molar-refractivity contribution in [1.29, 1.82) is 0 Å². The van der Waals surface area contributed by atoms with E-state index < -0.39 is 12.0 Å². The lowest BCUT2D eigenvalue weighted by molar-refractivity contribution is -0.159. The third-order valence-electron chi connectivity index (χ3n) is 5.12. The van der Waals surface area contributed by atoms with Gasteiger partial charge in [-0.15, -0.1) is 0 Å². The zero-order valence-electron chi connectivity index (χ0n) is 14.6. The molecule has 134 valence electrons. The molecule has 3 rings (SSSR count). The van der Waals surface area contributed by atoms with Crippen molar-refractivity contribution >= 4 is 17.8 Å². The molecule has 1 aliphatic carbocycles. The summed E-state index contributed by atoms with van der Waals surface area (Å²) >= 11 is 0. The second kappa shape index (κ2) is 7.25. The zero-order chi connectivity index (χ0) is 18.0. The van der Waals surface area contributed by atoms with E-state index in [4.69, 9.17) is 9.47 Å². The largest absolute Gasteiger partial charge is 0.497 e. The fraction of sp³-hybridized carbons (Fsp3) is 0.526. The lowest BCUT2D eigenvalue weighted by Crippen LogP contribution is -2.44. The molecule has 1 heterocycles. The van der Waals surface area contributed by atoms with Gasteiger partial charge >= 0.3 is 5.97 Å². The lowest BCUT2D eigenvalue weighted by Gasteiger charge is -2.21. The first-order valence-electron chi connectivity index (χ1n) is 8.69. The topological polar surface area (TPSA) is 72.9 Å². The Bertz CT molecular complexity index is 662. The summed E-state index contributed by atoms with van der Waals surface area (Å²) in [6, 6.07) is 6.32. The van der Waals surface area contributed by atoms with Gasteiger partial charge < -0.3 is 9.47 Å². The van der Waals surface area contributed by atoms with Crippen LogP contribution < -0.4 is 4.74 Å². The average molecular weight is 345 g/mol. The van der Waals surface area contributed by atoms with Crippen molar-refractivity contribution in [1.82, 2.24) is 4.90 Å². The number of methoxy groups -OCH3 is 1. The van der Waals surface area contributed by atoms with Gasteiger partial charge in [0.25, 0.3) is 0 Å². The van der Waals surface area contributed by atoms with E-state index in [2.05, 4.69) is 0 Å². The van der Waals surface area contributed by atoms with Crippen molar-refractivity contribution in [2.75, 3.05) is 7.11 Å². The van der Waals surface area contributed by atoms with Crippen LogP contribution in [-0.4, -0.2) is 35.8 Å². The van der Waals surface area contributed by atoms with Crippen molar-refractivity contribution < 1.29 is 23.9 Å². The number of esters is 1. The van der Waals surface area contributed by atoms with E-state index in [1.807, 2.05) is 12.1 Å². The average Bonchev–Trinajstić information content (AvgIpc) is 2.90. The SMILES string of the molecule is COc1cccc(COC(=O)[C@H](C)N2C(=O)C3CCCCC3C2=O)c1. The van der Waals surface area contributed by atoms with Gasteiger partial charge in [-0.1, -0.05) is 25.0 Å². The predicted molar refractivity (Wildman–Crippen MR) is 89.6 cm³/mol. The second-order valence-corrected chi connectivity index (χ2v) is 6.68. The van der Waals surface area contributed by atoms with E-state index in [-0.39, 0.29) is 30.3 Å². The van der Waals surface area contributed by atoms with Gasteiger partial charge in [0.15, 0.2) is 0 Å². The summed E-state index contributed by atoms with van der Waals surface area (Å²) < 4.78 is 10.4. The third kappa shape index (κ3) is 3.38. The Morgan fingerprint density at radius 3 is 2.44 bits per heavy atom. The maximum absolute atomic E-state index is 12.5. The number of amides is 2. The molecule has 2 unspecified atom stereocenters. The summed E-state index contributed by atoms with van der Waals surface area (Å²) in [4.78, 5) is 38.5. The molecular formula is C19H23NO5. The number of carbonyl (C=O) groups is 3. The van der Waals surface area contributed by atoms with E-state index in [1.54, 1.807) is 26.2 Å². The number of ether oxygens (including phenoxy) is 2. The molecule has 6 heteroatoms. The second-order valence-electron chi connectivity index (χ2n) is 6.68. The van der Waals surface area contributed by atoms with Gasteiger partial charge in [0.1, 0.15) is 18.4 Å². The third-order valence-corrected chi connectivity index (χ3v) is 5.12. The van der Waals surface area contributed by atoms with Crippen LogP contribution in [0.15, 0.2) is 24.3 Å². The predicted octanol–water partition coefficient (Wildman–Crippen LogP) is 2.30. The number of imide groups is 1. The molecule has 1 aliphatic heterocycles. The van der Waals surface area contributed by atoms with Crippen LogP contribution >= 0.6 is 0 Å². The Kier molecular flexibility index (Phi) is 5.06. The van der Waals surface area contributed by atoms with Crippen molar-refractivity contribution in [2.24, 2.45) is 11.8 Å². The highest BCUT2D eigenvalue weighted by molar-refractivity contribution is 6.07. The molecule has 0 spiro atoms. The molecule has 25 heavy (non-hydrogen) atoms. The van der Waals surface area contributed by atoms with Crippen LogP contribution in [0.4, 0.5) is 0 Å². The molecule has 0 N–H and O–H groups in total. The number of benzene rings is 1. The molecule has 1 aromatic carbocycles. The number of likely N-dealkylation sites (tertiary alicyclic amines) is 1. The van der Waals surface area contributed by atoms with Crippen molar-refractivity contribution in [2.45, 2.75) is 45.3 Å². The fourth-order valence-electron chi connectivity index (χ4n) is 3.71. The normalized spacial score (nSPS) is 24.0. The molecule has 2 amide bonds. The zero-order valence-corrected chi connectivity index (χ0v) is 14.6. The summed E-state index contributed by atoms with van der Waals surface area (Å²) in [6.45, 7) is 1.63. The van der Waals surface area contributed by atoms with E-state index in [0.717, 1.165) is 36.1 Å². The molecule has 2 fully saturated rings. The summed E-state index contributed by atoms with van der Waals surface area (Å²) in [5, 5.41) is 0. The van der Waals surface area contributed by atoms with Gasteiger partial charge in [-0.2, -0.15) is 0 Å². The summed E-state index contributed by atoms with van der Waals surface area (Å²) in [5.74, 6) is -0.843. The van der Waals surface area contributed by atoms with Gasteiger partial charge in [0.2, 0.25) is 11.8 Å². The summed E-state index contributed by atoms with van der Waals surface area (Å²) in [6.07, 6.45) is 3.39. The standard InChI is InChI=1S/C19H23NO5/c1-12(19(23)25-11-13-6-5-7-14(10-13)24-2)20-17(21)15-8-3-4-9-16(15)18(20)22/h5-7,10,12,15-16H,3-4,8-9,11H2,1-2H3/t12-,15?,16?/m0/s1. The highest BCUT2D eigenvalue weighted by Crippen LogP contribution is 2.38. The van der Waals surface area contributed by atoms with Crippen LogP contribution in [0.2, 0.25) is 0 Å². The van der Waals surface area contributed by atoms with Gasteiger partial charge in [-0.3, -0.25) is 14.5 Å². The maximum Gasteiger partial charge on any atom is 0.329 e. The maximum atomic E-state index is 12.5. The van der Waals surface area contributed by atoms with Crippen LogP contribution in [0.25, 0.3) is 0 Å². The molecule has 0 bridgehead atoms. The summed E-state index contributed by atoms with van der Waals surface area (Å²) in [5.41, 5.74) is 0.785. The number of rotatable bonds is 5. The molecule has 1 saturated carbocycles. The van der Waals surface area contributed by atoms with Crippen LogP contribution in [0.5, 0.6) is 5.75 Å². The molecule has 6 nitrogen and oxygen atoms in total. The molecule has 1 saturated heterocycles. The molecular weight excluding hydrogens is 322 g/mol. The molecule has 0 radical (unpaired) electrons. The number of hydrogen-bond acceptors (Lipinski definition) is 5. The van der Waals surface area contributed by atoms with Crippen molar-refractivity contribution in [3.63, 3.8) is 0 Å². The van der Waals surface area contributed by atoms with Crippen molar-refractivity contribution in [3.8, 4) is 5.75 Å². The molecule has 1 aromatic rings. The highest BCUT2D eigenvalue weighted by atomic mass is 16.5. The lowest BCUT2D eigenvalue weighted by atomic mass is 9.81. The molecule has 3 atom stereocenters. The van der Waals surface area contributed by atoms with E-state index in [1.165, 1.54) is 0 Å². The van der Waals surface area contributed by atoms with Gasteiger partial charge in [0, 0.05) is 0 Å². The highest BCUT2D eigenvalue weighted by Gasteiger charge is 2.51. The number of fused-ring (bicyclic) bond motifs is 1. The minimum Gasteiger partial charge on any atom is -0.497 e. The Morgan fingerprint density at radius 1 is 1.20 bits per heavy atom. The molecule has 0 aromatic heterocycles. The van der Waals surface area contributed by atoms with E-state index >= 15 is 0 Å². The molecule has 2 aliphatic rings. The minimum atomic E-state index is -0.892. The number of carbonyl (C=O) groups excluding carboxylic acids is 3. The smallest absolute Gasteiger partial charge is 0.329 e. The quantitative estimate of drug-likeness (QED) is 0.605. The van der Waals surface area contributed by atoms with Gasteiger partial charge in [0.05, 0.1) is 18.9 Å². The monoisotopic (exact) mass is 345 g/mol. The minimum absolute atomic E-state index is 0.0729. The van der Waals surface area contributed by atoms with Crippen LogP contribution in [0.3, 0.4) is 0 Å². The Labute approximate surface area is 147 Å². The number of hydrogen-bond donors (Lipinski definition) is 0. The Balaban J connectivity index is 1.63. The first kappa shape index (κ1) is 17.5. The van der Waals surface area contributed by atoms with Crippen LogP contribution in [0.1, 0.15) is 38.2 Å².